The van der Waals surface area contributed by atoms with Gasteiger partial charge in [-0.3, -0.25) is 0 Å². The molecule has 3 nitrogen and oxygen atoms in total. The SMILES string of the molecule is F/C(NCc1ccccc1)=C(\OC1CCCCO1)C(F)(F)F. The van der Waals surface area contributed by atoms with Gasteiger partial charge in [0.25, 0.3) is 5.76 Å². The molecular weight excluding hydrogens is 302 g/mol. The molecule has 2 rings (SSSR count). The van der Waals surface area contributed by atoms with Crippen molar-refractivity contribution in [1.29, 1.82) is 0 Å². The molecule has 1 aliphatic rings. The Morgan fingerprint density at radius 3 is 2.55 bits per heavy atom. The average molecular weight is 319 g/mol. The third-order valence-electron chi connectivity index (χ3n) is 3.13. The lowest BCUT2D eigenvalue weighted by atomic mass is 10.2. The minimum absolute atomic E-state index is 0.0683. The Hall–Kier alpha value is -1.76. The molecule has 1 unspecified atom stereocenters. The maximum Gasteiger partial charge on any atom is 0.453 e. The van der Waals surface area contributed by atoms with E-state index in [4.69, 9.17) is 9.47 Å². The van der Waals surface area contributed by atoms with Crippen LogP contribution < -0.4 is 5.32 Å². The molecule has 0 spiro atoms. The highest BCUT2D eigenvalue weighted by molar-refractivity contribution is 5.16. The van der Waals surface area contributed by atoms with Gasteiger partial charge in [-0.15, -0.1) is 0 Å². The third-order valence-corrected chi connectivity index (χ3v) is 3.13. The molecule has 1 saturated heterocycles. The first kappa shape index (κ1) is 16.6. The number of rotatable bonds is 5. The summed E-state index contributed by atoms with van der Waals surface area (Å²) >= 11 is 0. The number of halogens is 4. The van der Waals surface area contributed by atoms with Crippen molar-refractivity contribution in [3.05, 3.63) is 47.6 Å². The number of alkyl halides is 3. The van der Waals surface area contributed by atoms with Crippen LogP contribution in [0.15, 0.2) is 42.0 Å². The van der Waals surface area contributed by atoms with Gasteiger partial charge < -0.3 is 14.8 Å². The van der Waals surface area contributed by atoms with Gasteiger partial charge in [0.1, 0.15) is 0 Å². The van der Waals surface area contributed by atoms with E-state index in [-0.39, 0.29) is 6.54 Å². The van der Waals surface area contributed by atoms with Crippen molar-refractivity contribution < 1.29 is 27.0 Å². The van der Waals surface area contributed by atoms with Gasteiger partial charge in [-0.05, 0) is 18.4 Å². The summed E-state index contributed by atoms with van der Waals surface area (Å²) in [5, 5.41) is 2.11. The minimum Gasteiger partial charge on any atom is -0.456 e. The van der Waals surface area contributed by atoms with Crippen molar-refractivity contribution in [1.82, 2.24) is 5.32 Å². The minimum atomic E-state index is -4.92. The molecule has 1 aromatic carbocycles. The quantitative estimate of drug-likeness (QED) is 0.505. The summed E-state index contributed by atoms with van der Waals surface area (Å²) in [5.41, 5.74) is 0.660. The smallest absolute Gasteiger partial charge is 0.453 e. The van der Waals surface area contributed by atoms with Crippen LogP contribution in [0.1, 0.15) is 24.8 Å². The summed E-state index contributed by atoms with van der Waals surface area (Å²) in [6, 6.07) is 8.56. The molecule has 1 aliphatic heterocycles. The molecule has 0 radical (unpaired) electrons. The number of hydrogen-bond acceptors (Lipinski definition) is 3. The van der Waals surface area contributed by atoms with Crippen LogP contribution >= 0.6 is 0 Å². The molecule has 1 fully saturated rings. The zero-order chi connectivity index (χ0) is 16.0. The van der Waals surface area contributed by atoms with Crippen molar-refractivity contribution in [2.75, 3.05) is 6.61 Å². The summed E-state index contributed by atoms with van der Waals surface area (Å²) in [6.45, 7) is 0.246. The fraction of sp³-hybridized carbons (Fsp3) is 0.467. The van der Waals surface area contributed by atoms with Crippen LogP contribution in [-0.4, -0.2) is 19.1 Å². The fourth-order valence-corrected chi connectivity index (χ4v) is 2.03. The van der Waals surface area contributed by atoms with Crippen LogP contribution in [0.5, 0.6) is 0 Å². The molecule has 0 saturated carbocycles. The Kier molecular flexibility index (Phi) is 5.65. The standard InChI is InChI=1S/C15H17F4NO2/c16-14(20-10-11-6-2-1-3-7-11)13(15(17,18)19)22-12-8-4-5-9-21-12/h1-3,6-7,12,20H,4-5,8-10H2/b14-13+. The number of ether oxygens (including phenoxy) is 2. The first-order valence-corrected chi connectivity index (χ1v) is 7.00. The van der Waals surface area contributed by atoms with E-state index in [0.717, 1.165) is 6.42 Å². The van der Waals surface area contributed by atoms with E-state index in [1.807, 2.05) is 0 Å². The molecule has 1 aromatic rings. The Labute approximate surface area is 125 Å². The summed E-state index contributed by atoms with van der Waals surface area (Å²) in [5.74, 6) is -3.21. The van der Waals surface area contributed by atoms with E-state index in [0.29, 0.717) is 25.0 Å². The van der Waals surface area contributed by atoms with E-state index >= 15 is 0 Å². The van der Waals surface area contributed by atoms with Crippen molar-refractivity contribution in [3.63, 3.8) is 0 Å². The van der Waals surface area contributed by atoms with Crippen molar-refractivity contribution >= 4 is 0 Å². The summed E-state index contributed by atoms with van der Waals surface area (Å²) in [4.78, 5) is 0. The Bertz CT molecular complexity index is 496. The zero-order valence-electron chi connectivity index (χ0n) is 11.8. The van der Waals surface area contributed by atoms with E-state index in [1.54, 1.807) is 30.3 Å². The predicted molar refractivity (Wildman–Crippen MR) is 72.1 cm³/mol. The first-order valence-electron chi connectivity index (χ1n) is 7.00. The number of nitrogens with one attached hydrogen (secondary N) is 1. The number of benzene rings is 1. The van der Waals surface area contributed by atoms with Gasteiger partial charge in [-0.2, -0.15) is 17.6 Å². The molecule has 0 aliphatic carbocycles. The highest BCUT2D eigenvalue weighted by Gasteiger charge is 2.41. The van der Waals surface area contributed by atoms with Gasteiger partial charge in [0.15, 0.2) is 6.29 Å². The maximum atomic E-state index is 13.9. The van der Waals surface area contributed by atoms with E-state index in [1.165, 1.54) is 0 Å². The highest BCUT2D eigenvalue weighted by atomic mass is 19.4. The van der Waals surface area contributed by atoms with E-state index in [9.17, 15) is 17.6 Å². The van der Waals surface area contributed by atoms with Crippen molar-refractivity contribution in [2.45, 2.75) is 38.3 Å². The molecule has 22 heavy (non-hydrogen) atoms. The largest absolute Gasteiger partial charge is 0.456 e. The van der Waals surface area contributed by atoms with Crippen molar-refractivity contribution in [3.8, 4) is 0 Å². The maximum absolute atomic E-state index is 13.9. The Balaban J connectivity index is 2.04. The topological polar surface area (TPSA) is 30.5 Å². The zero-order valence-corrected chi connectivity index (χ0v) is 11.8. The predicted octanol–water partition coefficient (Wildman–Crippen LogP) is 4.02. The molecule has 1 heterocycles. The second-order valence-electron chi connectivity index (χ2n) is 4.89. The lowest BCUT2D eigenvalue weighted by Gasteiger charge is -2.25. The van der Waals surface area contributed by atoms with Gasteiger partial charge in [-0.1, -0.05) is 30.3 Å². The molecule has 0 bridgehead atoms. The van der Waals surface area contributed by atoms with Crippen LogP contribution in [0.3, 0.4) is 0 Å². The van der Waals surface area contributed by atoms with Crippen LogP contribution in [-0.2, 0) is 16.0 Å². The molecule has 0 amide bonds. The van der Waals surface area contributed by atoms with Gasteiger partial charge in [0.05, 0.1) is 6.61 Å². The second-order valence-corrected chi connectivity index (χ2v) is 4.89. The monoisotopic (exact) mass is 319 g/mol. The molecule has 0 aromatic heterocycles. The third kappa shape index (κ3) is 4.91. The fourth-order valence-electron chi connectivity index (χ4n) is 2.03. The molecule has 1 N–H and O–H groups in total. The number of hydrogen-bond donors (Lipinski definition) is 1. The molecule has 1 atom stereocenters. The Morgan fingerprint density at radius 1 is 1.23 bits per heavy atom. The first-order chi connectivity index (χ1) is 10.5. The lowest BCUT2D eigenvalue weighted by Crippen LogP contribution is -2.29. The summed E-state index contributed by atoms with van der Waals surface area (Å²) < 4.78 is 62.4. The molecule has 122 valence electrons. The second kappa shape index (κ2) is 7.49. The Morgan fingerprint density at radius 2 is 1.95 bits per heavy atom. The van der Waals surface area contributed by atoms with E-state index < -0.39 is 24.2 Å². The van der Waals surface area contributed by atoms with Gasteiger partial charge in [-0.25, -0.2) is 0 Å². The van der Waals surface area contributed by atoms with Gasteiger partial charge >= 0.3 is 6.18 Å². The summed E-state index contributed by atoms with van der Waals surface area (Å²) in [7, 11) is 0. The van der Waals surface area contributed by atoms with Crippen molar-refractivity contribution in [2.24, 2.45) is 0 Å². The number of allylic oxidation sites excluding steroid dienone is 1. The average Bonchev–Trinajstić information content (AvgIpc) is 2.51. The van der Waals surface area contributed by atoms with Crippen LogP contribution in [0.2, 0.25) is 0 Å². The lowest BCUT2D eigenvalue weighted by molar-refractivity contribution is -0.199. The van der Waals surface area contributed by atoms with Crippen LogP contribution in [0.4, 0.5) is 17.6 Å². The van der Waals surface area contributed by atoms with Crippen LogP contribution in [0.25, 0.3) is 0 Å². The van der Waals surface area contributed by atoms with Gasteiger partial charge in [0, 0.05) is 13.0 Å². The molecule has 7 heteroatoms. The van der Waals surface area contributed by atoms with Gasteiger partial charge in [0.2, 0.25) is 5.95 Å². The summed E-state index contributed by atoms with van der Waals surface area (Å²) in [6.07, 6.45) is -4.22. The molecular formula is C15H17F4NO2. The van der Waals surface area contributed by atoms with E-state index in [2.05, 4.69) is 5.32 Å². The highest BCUT2D eigenvalue weighted by Crippen LogP contribution is 2.32. The normalized spacial score (nSPS) is 20.3. The van der Waals surface area contributed by atoms with Crippen LogP contribution in [0, 0.1) is 0 Å².